The van der Waals surface area contributed by atoms with Gasteiger partial charge in [0.2, 0.25) is 0 Å². The minimum atomic E-state index is 0.721. The normalized spacial score (nSPS) is 10.2. The summed E-state index contributed by atoms with van der Waals surface area (Å²) in [5.41, 5.74) is 2.16. The van der Waals surface area contributed by atoms with Gasteiger partial charge in [0.25, 0.3) is 0 Å². The van der Waals surface area contributed by atoms with Crippen molar-refractivity contribution in [3.63, 3.8) is 0 Å². The Morgan fingerprint density at radius 3 is 2.84 bits per heavy atom. The zero-order valence-electron chi connectivity index (χ0n) is 10.5. The van der Waals surface area contributed by atoms with Crippen molar-refractivity contribution in [1.82, 2.24) is 4.98 Å². The second kappa shape index (κ2) is 7.36. The minimum absolute atomic E-state index is 0.721. The second-order valence-corrected chi connectivity index (χ2v) is 5.89. The zero-order valence-corrected chi connectivity index (χ0v) is 12.9. The van der Waals surface area contributed by atoms with Crippen molar-refractivity contribution >= 4 is 33.4 Å². The lowest BCUT2D eigenvalue weighted by molar-refractivity contribution is 1.03. The fourth-order valence-electron chi connectivity index (χ4n) is 1.58. The molecule has 98 valence electrons. The largest absolute Gasteiger partial charge is 0.378 e. The lowest BCUT2D eigenvalue weighted by atomic mass is 10.3. The van der Waals surface area contributed by atoms with E-state index in [0.717, 1.165) is 28.2 Å². The first-order valence-corrected chi connectivity index (χ1v) is 7.74. The van der Waals surface area contributed by atoms with E-state index in [1.54, 1.807) is 11.8 Å². The van der Waals surface area contributed by atoms with Crippen molar-refractivity contribution in [1.29, 1.82) is 0 Å². The topological polar surface area (TPSA) is 24.9 Å². The van der Waals surface area contributed by atoms with Crippen molar-refractivity contribution in [3.05, 3.63) is 65.4 Å². The molecule has 0 spiro atoms. The third-order valence-electron chi connectivity index (χ3n) is 2.49. The number of hydrogen-bond acceptors (Lipinski definition) is 3. The van der Waals surface area contributed by atoms with Crippen LogP contribution in [0.1, 0.15) is 5.69 Å². The third kappa shape index (κ3) is 4.40. The molecule has 2 rings (SSSR count). The fourth-order valence-corrected chi connectivity index (χ4v) is 2.59. The Morgan fingerprint density at radius 2 is 2.11 bits per heavy atom. The lowest BCUT2D eigenvalue weighted by Crippen LogP contribution is -2.02. The maximum atomic E-state index is 4.35. The summed E-state index contributed by atoms with van der Waals surface area (Å²) in [6.07, 6.45) is 3.73. The monoisotopic (exact) mass is 334 g/mol. The number of hydrogen-bond donors (Lipinski definition) is 1. The van der Waals surface area contributed by atoms with E-state index < -0.39 is 0 Å². The number of halogens is 1. The van der Waals surface area contributed by atoms with Crippen molar-refractivity contribution in [2.24, 2.45) is 0 Å². The highest BCUT2D eigenvalue weighted by Gasteiger charge is 2.01. The van der Waals surface area contributed by atoms with Gasteiger partial charge in [-0.3, -0.25) is 4.98 Å². The molecule has 1 aromatic heterocycles. The average Bonchev–Trinajstić information content (AvgIpc) is 2.45. The Balaban J connectivity index is 2.02. The average molecular weight is 335 g/mol. The molecule has 1 N–H and O–H groups in total. The van der Waals surface area contributed by atoms with Gasteiger partial charge in [-0.25, -0.2) is 0 Å². The molecule has 0 aliphatic heterocycles. The molecule has 0 radical (unpaired) electrons. The van der Waals surface area contributed by atoms with Crippen molar-refractivity contribution in [2.45, 2.75) is 11.4 Å². The van der Waals surface area contributed by atoms with Crippen LogP contribution in [0.25, 0.3) is 0 Å². The van der Waals surface area contributed by atoms with Crippen LogP contribution in [0.2, 0.25) is 0 Å². The van der Waals surface area contributed by atoms with Gasteiger partial charge in [0.1, 0.15) is 0 Å². The predicted octanol–water partition coefficient (Wildman–Crippen LogP) is 4.73. The van der Waals surface area contributed by atoms with E-state index in [4.69, 9.17) is 0 Å². The molecule has 4 heteroatoms. The molecule has 0 amide bonds. The van der Waals surface area contributed by atoms with E-state index >= 15 is 0 Å². The summed E-state index contributed by atoms with van der Waals surface area (Å²) < 4.78 is 0.998. The number of thioether (sulfide) groups is 1. The first-order chi connectivity index (χ1) is 9.29. The standard InChI is InChI=1S/C15H15BrN2S/c1-2-9-19-15-6-4-3-5-14(15)18-11-13-8-7-12(16)10-17-13/h2-8,10,18H,1,9,11H2. The number of nitrogens with one attached hydrogen (secondary N) is 1. The Labute approximate surface area is 126 Å². The number of nitrogens with zero attached hydrogens (tertiary/aromatic N) is 1. The van der Waals surface area contributed by atoms with E-state index in [9.17, 15) is 0 Å². The van der Waals surface area contributed by atoms with Crippen LogP contribution in [0.5, 0.6) is 0 Å². The lowest BCUT2D eigenvalue weighted by Gasteiger charge is -2.10. The summed E-state index contributed by atoms with van der Waals surface area (Å²) in [7, 11) is 0. The van der Waals surface area contributed by atoms with Crippen LogP contribution in [-0.4, -0.2) is 10.7 Å². The number of para-hydroxylation sites is 1. The Bertz CT molecular complexity index is 540. The summed E-state index contributed by atoms with van der Waals surface area (Å²) in [5.74, 6) is 0.912. The number of rotatable bonds is 6. The Morgan fingerprint density at radius 1 is 1.26 bits per heavy atom. The molecule has 0 aliphatic rings. The van der Waals surface area contributed by atoms with Crippen molar-refractivity contribution in [3.8, 4) is 0 Å². The maximum Gasteiger partial charge on any atom is 0.0595 e. The van der Waals surface area contributed by atoms with Crippen molar-refractivity contribution < 1.29 is 0 Å². The van der Waals surface area contributed by atoms with Gasteiger partial charge in [0.15, 0.2) is 0 Å². The molecule has 1 aromatic carbocycles. The van der Waals surface area contributed by atoms with E-state index in [-0.39, 0.29) is 0 Å². The van der Waals surface area contributed by atoms with Crippen LogP contribution in [0.15, 0.2) is 64.6 Å². The van der Waals surface area contributed by atoms with Gasteiger partial charge in [0, 0.05) is 27.0 Å². The van der Waals surface area contributed by atoms with Crippen LogP contribution in [-0.2, 0) is 6.54 Å². The number of aromatic nitrogens is 1. The first kappa shape index (κ1) is 14.2. The van der Waals surface area contributed by atoms with Crippen LogP contribution in [0.4, 0.5) is 5.69 Å². The summed E-state index contributed by atoms with van der Waals surface area (Å²) in [5, 5.41) is 3.42. The van der Waals surface area contributed by atoms with Crippen LogP contribution < -0.4 is 5.32 Å². The molecule has 0 bridgehead atoms. The van der Waals surface area contributed by atoms with Crippen molar-refractivity contribution in [2.75, 3.05) is 11.1 Å². The molecule has 1 heterocycles. The maximum absolute atomic E-state index is 4.35. The molecular formula is C15H15BrN2S. The van der Waals surface area contributed by atoms with Gasteiger partial charge in [-0.05, 0) is 40.2 Å². The zero-order chi connectivity index (χ0) is 13.5. The van der Waals surface area contributed by atoms with Crippen LogP contribution in [0.3, 0.4) is 0 Å². The highest BCUT2D eigenvalue weighted by atomic mass is 79.9. The van der Waals surface area contributed by atoms with Gasteiger partial charge in [-0.15, -0.1) is 18.3 Å². The molecule has 0 saturated carbocycles. The minimum Gasteiger partial charge on any atom is -0.378 e. The highest BCUT2D eigenvalue weighted by Crippen LogP contribution is 2.27. The van der Waals surface area contributed by atoms with Crippen LogP contribution in [0, 0.1) is 0 Å². The molecular weight excluding hydrogens is 320 g/mol. The number of anilines is 1. The molecule has 0 unspecified atom stereocenters. The quantitative estimate of drug-likeness (QED) is 0.610. The summed E-state index contributed by atoms with van der Waals surface area (Å²) >= 11 is 5.16. The molecule has 2 nitrogen and oxygen atoms in total. The third-order valence-corrected chi connectivity index (χ3v) is 4.03. The Hall–Kier alpha value is -1.26. The Kier molecular flexibility index (Phi) is 5.48. The molecule has 0 atom stereocenters. The predicted molar refractivity (Wildman–Crippen MR) is 86.6 cm³/mol. The fraction of sp³-hybridized carbons (Fsp3) is 0.133. The molecule has 2 aromatic rings. The second-order valence-electron chi connectivity index (χ2n) is 3.92. The number of benzene rings is 1. The first-order valence-electron chi connectivity index (χ1n) is 5.96. The van der Waals surface area contributed by atoms with E-state index in [1.165, 1.54) is 4.90 Å². The summed E-state index contributed by atoms with van der Waals surface area (Å²) in [6, 6.07) is 12.3. The molecule has 19 heavy (non-hydrogen) atoms. The van der Waals surface area contributed by atoms with E-state index in [1.807, 2.05) is 30.5 Å². The van der Waals surface area contributed by atoms with Gasteiger partial charge in [-0.1, -0.05) is 18.2 Å². The molecule has 0 aliphatic carbocycles. The van der Waals surface area contributed by atoms with E-state index in [0.29, 0.717) is 0 Å². The summed E-state index contributed by atoms with van der Waals surface area (Å²) in [6.45, 7) is 4.47. The highest BCUT2D eigenvalue weighted by molar-refractivity contribution is 9.10. The van der Waals surface area contributed by atoms with Gasteiger partial charge in [0.05, 0.1) is 12.2 Å². The van der Waals surface area contributed by atoms with Crippen LogP contribution >= 0.6 is 27.7 Å². The molecule has 0 saturated heterocycles. The SMILES string of the molecule is C=CCSc1ccccc1NCc1ccc(Br)cn1. The van der Waals surface area contributed by atoms with Gasteiger partial charge < -0.3 is 5.32 Å². The van der Waals surface area contributed by atoms with Gasteiger partial charge >= 0.3 is 0 Å². The number of pyridine rings is 1. The molecule has 0 fully saturated rings. The summed E-state index contributed by atoms with van der Waals surface area (Å²) in [4.78, 5) is 5.59. The van der Waals surface area contributed by atoms with E-state index in [2.05, 4.69) is 51.0 Å². The smallest absolute Gasteiger partial charge is 0.0595 e. The van der Waals surface area contributed by atoms with Gasteiger partial charge in [-0.2, -0.15) is 0 Å².